The van der Waals surface area contributed by atoms with E-state index in [9.17, 15) is 4.79 Å². The van der Waals surface area contributed by atoms with E-state index in [1.807, 2.05) is 25.2 Å². The lowest BCUT2D eigenvalue weighted by molar-refractivity contribution is -0.118. The number of hydrogen-bond acceptors (Lipinski definition) is 3. The number of ketones is 1. The highest BCUT2D eigenvalue weighted by molar-refractivity contribution is 5.91. The zero-order valence-corrected chi connectivity index (χ0v) is 8.42. The molecule has 1 N–H and O–H groups in total. The normalized spacial score (nSPS) is 19.2. The molecule has 0 saturated carbocycles. The van der Waals surface area contributed by atoms with Crippen molar-refractivity contribution >= 4 is 5.78 Å². The highest BCUT2D eigenvalue weighted by atomic mass is 16.1. The van der Waals surface area contributed by atoms with Crippen LogP contribution in [0.1, 0.15) is 12.8 Å². The van der Waals surface area contributed by atoms with Crippen LogP contribution in [0, 0.1) is 5.92 Å². The standard InChI is InChI=1S/C10H18N2O/c1-12(2)8-5-10(13)9-3-6-11-7-4-9/h5,8-9,11H,3-4,6-7H2,1-2H3/b8-5+. The van der Waals surface area contributed by atoms with Crippen LogP contribution in [0.15, 0.2) is 12.3 Å². The van der Waals surface area contributed by atoms with E-state index < -0.39 is 0 Å². The second-order valence-electron chi connectivity index (χ2n) is 3.71. The Balaban J connectivity index is 2.37. The molecule has 3 nitrogen and oxygen atoms in total. The molecule has 0 bridgehead atoms. The Morgan fingerprint density at radius 1 is 1.38 bits per heavy atom. The molecule has 0 unspecified atom stereocenters. The van der Waals surface area contributed by atoms with Crippen LogP contribution >= 0.6 is 0 Å². The van der Waals surface area contributed by atoms with Gasteiger partial charge in [0.25, 0.3) is 0 Å². The third-order valence-electron chi connectivity index (χ3n) is 2.28. The minimum Gasteiger partial charge on any atom is -0.383 e. The summed E-state index contributed by atoms with van der Waals surface area (Å²) < 4.78 is 0. The fourth-order valence-corrected chi connectivity index (χ4v) is 1.47. The second-order valence-corrected chi connectivity index (χ2v) is 3.71. The Morgan fingerprint density at radius 2 is 2.00 bits per heavy atom. The SMILES string of the molecule is CN(C)/C=C/C(=O)C1CCNCC1. The predicted molar refractivity (Wildman–Crippen MR) is 53.4 cm³/mol. The lowest BCUT2D eigenvalue weighted by Crippen LogP contribution is -2.31. The first-order chi connectivity index (χ1) is 6.20. The number of hydrogen-bond donors (Lipinski definition) is 1. The maximum Gasteiger partial charge on any atom is 0.160 e. The van der Waals surface area contributed by atoms with Gasteiger partial charge in [-0.25, -0.2) is 0 Å². The van der Waals surface area contributed by atoms with Gasteiger partial charge in [0.15, 0.2) is 5.78 Å². The van der Waals surface area contributed by atoms with Crippen LogP contribution in [-0.2, 0) is 4.79 Å². The molecule has 1 fully saturated rings. The highest BCUT2D eigenvalue weighted by Crippen LogP contribution is 2.13. The van der Waals surface area contributed by atoms with Gasteiger partial charge >= 0.3 is 0 Å². The fourth-order valence-electron chi connectivity index (χ4n) is 1.47. The van der Waals surface area contributed by atoms with E-state index in [1.54, 1.807) is 6.08 Å². The second kappa shape index (κ2) is 5.02. The van der Waals surface area contributed by atoms with Crippen LogP contribution in [-0.4, -0.2) is 37.9 Å². The molecule has 0 aromatic heterocycles. The van der Waals surface area contributed by atoms with Gasteiger partial charge in [-0.15, -0.1) is 0 Å². The largest absolute Gasteiger partial charge is 0.383 e. The molecule has 0 atom stereocenters. The Labute approximate surface area is 79.8 Å². The number of rotatable bonds is 3. The number of piperidine rings is 1. The summed E-state index contributed by atoms with van der Waals surface area (Å²) in [5.74, 6) is 0.521. The van der Waals surface area contributed by atoms with Gasteiger partial charge in [-0.05, 0) is 32.0 Å². The Hall–Kier alpha value is -0.830. The summed E-state index contributed by atoms with van der Waals surface area (Å²) in [7, 11) is 3.85. The minimum atomic E-state index is 0.248. The van der Waals surface area contributed by atoms with Crippen molar-refractivity contribution in [3.63, 3.8) is 0 Å². The smallest absolute Gasteiger partial charge is 0.160 e. The van der Waals surface area contributed by atoms with E-state index in [-0.39, 0.29) is 11.7 Å². The molecule has 3 heteroatoms. The van der Waals surface area contributed by atoms with E-state index in [4.69, 9.17) is 0 Å². The van der Waals surface area contributed by atoms with Crippen molar-refractivity contribution in [2.24, 2.45) is 5.92 Å². The van der Waals surface area contributed by atoms with Crippen LogP contribution in [0.3, 0.4) is 0 Å². The predicted octanol–water partition coefficient (Wildman–Crippen LogP) is 0.630. The van der Waals surface area contributed by atoms with Crippen LogP contribution in [0.2, 0.25) is 0 Å². The van der Waals surface area contributed by atoms with Gasteiger partial charge < -0.3 is 10.2 Å². The molecule has 0 amide bonds. The molecule has 1 heterocycles. The van der Waals surface area contributed by atoms with Gasteiger partial charge in [0.1, 0.15) is 0 Å². The average molecular weight is 182 g/mol. The summed E-state index contributed by atoms with van der Waals surface area (Å²) in [6, 6.07) is 0. The molecule has 1 aliphatic heterocycles. The van der Waals surface area contributed by atoms with Gasteiger partial charge in [0.05, 0.1) is 0 Å². The van der Waals surface area contributed by atoms with Crippen molar-refractivity contribution in [2.75, 3.05) is 27.2 Å². The van der Waals surface area contributed by atoms with Crippen LogP contribution in [0.4, 0.5) is 0 Å². The molecular weight excluding hydrogens is 164 g/mol. The third-order valence-corrected chi connectivity index (χ3v) is 2.28. The molecular formula is C10H18N2O. The lowest BCUT2D eigenvalue weighted by Gasteiger charge is -2.20. The molecule has 0 aromatic rings. The molecule has 0 aromatic carbocycles. The van der Waals surface area contributed by atoms with Crippen LogP contribution in [0.25, 0.3) is 0 Å². The number of nitrogens with zero attached hydrogens (tertiary/aromatic N) is 1. The van der Waals surface area contributed by atoms with Gasteiger partial charge in [-0.2, -0.15) is 0 Å². The molecule has 0 spiro atoms. The molecule has 1 saturated heterocycles. The minimum absolute atomic E-state index is 0.248. The van der Waals surface area contributed by atoms with Crippen LogP contribution < -0.4 is 5.32 Å². The molecule has 0 radical (unpaired) electrons. The van der Waals surface area contributed by atoms with Crippen molar-refractivity contribution in [1.82, 2.24) is 10.2 Å². The summed E-state index contributed by atoms with van der Waals surface area (Å²) >= 11 is 0. The molecule has 1 rings (SSSR count). The van der Waals surface area contributed by atoms with Gasteiger partial charge in [0.2, 0.25) is 0 Å². The van der Waals surface area contributed by atoms with Crippen molar-refractivity contribution in [2.45, 2.75) is 12.8 Å². The third kappa shape index (κ3) is 3.59. The van der Waals surface area contributed by atoms with Crippen molar-refractivity contribution in [1.29, 1.82) is 0 Å². The van der Waals surface area contributed by atoms with E-state index in [1.165, 1.54) is 0 Å². The molecule has 13 heavy (non-hydrogen) atoms. The van der Waals surface area contributed by atoms with E-state index in [2.05, 4.69) is 5.32 Å². The zero-order valence-electron chi connectivity index (χ0n) is 8.42. The van der Waals surface area contributed by atoms with Crippen LogP contribution in [0.5, 0.6) is 0 Å². The van der Waals surface area contributed by atoms with Crippen molar-refractivity contribution in [3.05, 3.63) is 12.3 Å². The van der Waals surface area contributed by atoms with Crippen molar-refractivity contribution in [3.8, 4) is 0 Å². The summed E-state index contributed by atoms with van der Waals surface area (Å²) in [5, 5.41) is 3.25. The van der Waals surface area contributed by atoms with E-state index in [0.29, 0.717) is 0 Å². The zero-order chi connectivity index (χ0) is 9.68. The van der Waals surface area contributed by atoms with Gasteiger partial charge in [0, 0.05) is 26.2 Å². The summed E-state index contributed by atoms with van der Waals surface area (Å²) in [4.78, 5) is 13.4. The topological polar surface area (TPSA) is 32.3 Å². The first kappa shape index (κ1) is 10.3. The molecule has 0 aliphatic carbocycles. The van der Waals surface area contributed by atoms with E-state index in [0.717, 1.165) is 25.9 Å². The summed E-state index contributed by atoms with van der Waals surface area (Å²) in [6.07, 6.45) is 5.48. The maximum absolute atomic E-state index is 11.6. The van der Waals surface area contributed by atoms with Gasteiger partial charge in [-0.3, -0.25) is 4.79 Å². The Kier molecular flexibility index (Phi) is 3.96. The molecule has 74 valence electrons. The lowest BCUT2D eigenvalue weighted by atomic mass is 9.93. The quantitative estimate of drug-likeness (QED) is 0.650. The average Bonchev–Trinajstić information content (AvgIpc) is 2.15. The first-order valence-electron chi connectivity index (χ1n) is 4.79. The monoisotopic (exact) mass is 182 g/mol. The van der Waals surface area contributed by atoms with Crippen molar-refractivity contribution < 1.29 is 4.79 Å². The summed E-state index contributed by atoms with van der Waals surface area (Å²) in [6.45, 7) is 1.96. The number of nitrogens with one attached hydrogen (secondary N) is 1. The Morgan fingerprint density at radius 3 is 2.54 bits per heavy atom. The number of carbonyl (C=O) groups excluding carboxylic acids is 1. The van der Waals surface area contributed by atoms with E-state index >= 15 is 0 Å². The maximum atomic E-state index is 11.6. The molecule has 1 aliphatic rings. The Bertz CT molecular complexity index is 193. The first-order valence-corrected chi connectivity index (χ1v) is 4.79. The number of carbonyl (C=O) groups is 1. The highest BCUT2D eigenvalue weighted by Gasteiger charge is 2.18. The number of allylic oxidation sites excluding steroid dienone is 1. The fraction of sp³-hybridized carbons (Fsp3) is 0.700. The summed E-state index contributed by atoms with van der Waals surface area (Å²) in [5.41, 5.74) is 0. The van der Waals surface area contributed by atoms with Gasteiger partial charge in [-0.1, -0.05) is 0 Å².